The Hall–Kier alpha value is -2.18. The molecule has 1 aromatic carbocycles. The van der Waals surface area contributed by atoms with E-state index in [1.165, 1.54) is 0 Å². The molecule has 6 nitrogen and oxygen atoms in total. The molecule has 1 fully saturated rings. The van der Waals surface area contributed by atoms with Crippen LogP contribution in [-0.4, -0.2) is 27.9 Å². The van der Waals surface area contributed by atoms with Crippen LogP contribution in [0.25, 0.3) is 22.4 Å². The third-order valence-corrected chi connectivity index (χ3v) is 3.57. The molecule has 0 saturated carbocycles. The third kappa shape index (κ3) is 1.81. The second-order valence-corrected chi connectivity index (χ2v) is 4.95. The molecule has 0 bridgehead atoms. The molecular formula is C14H13N3O3. The van der Waals surface area contributed by atoms with Crippen molar-refractivity contribution in [3.8, 4) is 11.4 Å². The smallest absolute Gasteiger partial charge is 0.244 e. The van der Waals surface area contributed by atoms with E-state index in [4.69, 9.17) is 8.94 Å². The molecule has 3 aromatic rings. The SMILES string of the molecule is O[C@@H]1CN[C@@H](c2nc(-c3coc4ccccc34)no2)C1. The lowest BCUT2D eigenvalue weighted by Gasteiger charge is -2.01. The monoisotopic (exact) mass is 271 g/mol. The van der Waals surface area contributed by atoms with Gasteiger partial charge in [0.25, 0.3) is 0 Å². The highest BCUT2D eigenvalue weighted by Crippen LogP contribution is 2.30. The van der Waals surface area contributed by atoms with Crippen LogP contribution in [0.4, 0.5) is 0 Å². The molecule has 6 heteroatoms. The van der Waals surface area contributed by atoms with Gasteiger partial charge in [-0.15, -0.1) is 0 Å². The topological polar surface area (TPSA) is 84.3 Å². The Labute approximate surface area is 114 Å². The summed E-state index contributed by atoms with van der Waals surface area (Å²) in [5, 5.41) is 17.6. The van der Waals surface area contributed by atoms with Crippen molar-refractivity contribution in [1.82, 2.24) is 15.5 Å². The summed E-state index contributed by atoms with van der Waals surface area (Å²) in [7, 11) is 0. The minimum atomic E-state index is -0.356. The Morgan fingerprint density at radius 1 is 1.30 bits per heavy atom. The minimum Gasteiger partial charge on any atom is -0.464 e. The lowest BCUT2D eigenvalue weighted by Crippen LogP contribution is -2.15. The summed E-state index contributed by atoms with van der Waals surface area (Å²) in [5.74, 6) is 1.01. The van der Waals surface area contributed by atoms with E-state index in [1.807, 2.05) is 24.3 Å². The number of hydrogen-bond donors (Lipinski definition) is 2. The molecule has 0 amide bonds. The summed E-state index contributed by atoms with van der Waals surface area (Å²) in [4.78, 5) is 4.41. The maximum Gasteiger partial charge on any atom is 0.244 e. The van der Waals surface area contributed by atoms with Crippen molar-refractivity contribution in [2.75, 3.05) is 6.54 Å². The third-order valence-electron chi connectivity index (χ3n) is 3.57. The van der Waals surface area contributed by atoms with Gasteiger partial charge in [-0.3, -0.25) is 0 Å². The van der Waals surface area contributed by atoms with Crippen LogP contribution >= 0.6 is 0 Å². The zero-order chi connectivity index (χ0) is 13.5. The van der Waals surface area contributed by atoms with Gasteiger partial charge in [0, 0.05) is 11.9 Å². The van der Waals surface area contributed by atoms with E-state index in [0.717, 1.165) is 16.5 Å². The normalized spacial score (nSPS) is 22.6. The van der Waals surface area contributed by atoms with Gasteiger partial charge < -0.3 is 19.4 Å². The van der Waals surface area contributed by atoms with Crippen molar-refractivity contribution in [3.63, 3.8) is 0 Å². The van der Waals surface area contributed by atoms with Gasteiger partial charge in [-0.1, -0.05) is 23.4 Å². The number of aromatic nitrogens is 2. The molecule has 0 spiro atoms. The lowest BCUT2D eigenvalue weighted by molar-refractivity contribution is 0.191. The molecule has 1 aliphatic rings. The number of nitrogens with one attached hydrogen (secondary N) is 1. The molecule has 0 aliphatic carbocycles. The van der Waals surface area contributed by atoms with E-state index in [-0.39, 0.29) is 12.1 Å². The van der Waals surface area contributed by atoms with Gasteiger partial charge in [0.05, 0.1) is 17.7 Å². The largest absolute Gasteiger partial charge is 0.464 e. The van der Waals surface area contributed by atoms with Crippen molar-refractivity contribution >= 4 is 11.0 Å². The Bertz CT molecular complexity index is 749. The van der Waals surface area contributed by atoms with Crippen LogP contribution in [0.3, 0.4) is 0 Å². The van der Waals surface area contributed by atoms with E-state index < -0.39 is 0 Å². The van der Waals surface area contributed by atoms with Crippen LogP contribution in [-0.2, 0) is 0 Å². The zero-order valence-corrected chi connectivity index (χ0v) is 10.6. The van der Waals surface area contributed by atoms with Crippen LogP contribution < -0.4 is 5.32 Å². The van der Waals surface area contributed by atoms with E-state index in [1.54, 1.807) is 6.26 Å². The number of furan rings is 1. The molecule has 1 aliphatic heterocycles. The van der Waals surface area contributed by atoms with Gasteiger partial charge in [0.2, 0.25) is 11.7 Å². The molecule has 1 saturated heterocycles. The number of rotatable bonds is 2. The maximum atomic E-state index is 9.53. The van der Waals surface area contributed by atoms with Crippen molar-refractivity contribution in [1.29, 1.82) is 0 Å². The first-order valence-electron chi connectivity index (χ1n) is 6.53. The van der Waals surface area contributed by atoms with E-state index in [9.17, 15) is 5.11 Å². The van der Waals surface area contributed by atoms with Crippen molar-refractivity contribution in [3.05, 3.63) is 36.4 Å². The number of fused-ring (bicyclic) bond motifs is 1. The Morgan fingerprint density at radius 2 is 2.20 bits per heavy atom. The number of nitrogens with zero attached hydrogens (tertiary/aromatic N) is 2. The molecule has 102 valence electrons. The van der Waals surface area contributed by atoms with Gasteiger partial charge in [-0.25, -0.2) is 0 Å². The second-order valence-electron chi connectivity index (χ2n) is 4.95. The number of β-amino-alcohol motifs (C(OH)–C–C–N with tert-alkyl or cyclic N) is 1. The molecule has 3 heterocycles. The lowest BCUT2D eigenvalue weighted by atomic mass is 10.1. The van der Waals surface area contributed by atoms with Gasteiger partial charge in [-0.05, 0) is 12.5 Å². The first-order chi connectivity index (χ1) is 9.81. The highest BCUT2D eigenvalue weighted by Gasteiger charge is 2.28. The molecule has 2 N–H and O–H groups in total. The molecule has 2 aromatic heterocycles. The van der Waals surface area contributed by atoms with E-state index >= 15 is 0 Å². The fourth-order valence-electron chi connectivity index (χ4n) is 2.54. The molecule has 0 radical (unpaired) electrons. The Balaban J connectivity index is 1.71. The summed E-state index contributed by atoms with van der Waals surface area (Å²) < 4.78 is 10.8. The minimum absolute atomic E-state index is 0.0792. The number of aliphatic hydroxyl groups excluding tert-OH is 1. The predicted octanol–water partition coefficient (Wildman–Crippen LogP) is 1.88. The first kappa shape index (κ1) is 11.6. The van der Waals surface area contributed by atoms with Gasteiger partial charge in [0.1, 0.15) is 11.8 Å². The highest BCUT2D eigenvalue weighted by atomic mass is 16.5. The number of aliphatic hydroxyl groups is 1. The molecule has 2 atom stereocenters. The predicted molar refractivity (Wildman–Crippen MR) is 70.9 cm³/mol. The summed E-state index contributed by atoms with van der Waals surface area (Å²) >= 11 is 0. The van der Waals surface area contributed by atoms with Crippen molar-refractivity contribution in [2.24, 2.45) is 0 Å². The van der Waals surface area contributed by atoms with Crippen LogP contribution in [0.5, 0.6) is 0 Å². The molecule has 20 heavy (non-hydrogen) atoms. The van der Waals surface area contributed by atoms with E-state index in [0.29, 0.717) is 24.7 Å². The number of hydrogen-bond acceptors (Lipinski definition) is 6. The summed E-state index contributed by atoms with van der Waals surface area (Å²) in [6.07, 6.45) is 1.87. The summed E-state index contributed by atoms with van der Waals surface area (Å²) in [6, 6.07) is 7.64. The van der Waals surface area contributed by atoms with Crippen LogP contribution in [0.1, 0.15) is 18.4 Å². The van der Waals surface area contributed by atoms with Crippen LogP contribution in [0.2, 0.25) is 0 Å². The standard InChI is InChI=1S/C14H13N3O3/c18-8-5-11(15-6-8)14-16-13(17-20-14)10-7-19-12-4-2-1-3-9(10)12/h1-4,7-8,11,15,18H,5-6H2/t8-,11+/m0/s1. The van der Waals surface area contributed by atoms with E-state index in [2.05, 4.69) is 15.5 Å². The number of para-hydroxylation sites is 1. The maximum absolute atomic E-state index is 9.53. The first-order valence-corrected chi connectivity index (χ1v) is 6.53. The van der Waals surface area contributed by atoms with Gasteiger partial charge in [0.15, 0.2) is 0 Å². The zero-order valence-electron chi connectivity index (χ0n) is 10.6. The Kier molecular flexibility index (Phi) is 2.58. The Morgan fingerprint density at radius 3 is 3.05 bits per heavy atom. The van der Waals surface area contributed by atoms with Gasteiger partial charge >= 0.3 is 0 Å². The van der Waals surface area contributed by atoms with Crippen LogP contribution in [0, 0.1) is 0 Å². The fourth-order valence-corrected chi connectivity index (χ4v) is 2.54. The molecular weight excluding hydrogens is 258 g/mol. The average Bonchev–Trinajstić information content (AvgIpc) is 3.15. The molecule has 4 rings (SSSR count). The summed E-state index contributed by atoms with van der Waals surface area (Å²) in [6.45, 7) is 0.553. The second kappa shape index (κ2) is 4.43. The number of benzene rings is 1. The average molecular weight is 271 g/mol. The van der Waals surface area contributed by atoms with Crippen molar-refractivity contribution in [2.45, 2.75) is 18.6 Å². The van der Waals surface area contributed by atoms with Gasteiger partial charge in [-0.2, -0.15) is 4.98 Å². The quantitative estimate of drug-likeness (QED) is 0.740. The highest BCUT2D eigenvalue weighted by molar-refractivity contribution is 5.91. The molecule has 0 unspecified atom stereocenters. The van der Waals surface area contributed by atoms with Crippen molar-refractivity contribution < 1.29 is 14.0 Å². The fraction of sp³-hybridized carbons (Fsp3) is 0.286. The van der Waals surface area contributed by atoms with Crippen LogP contribution in [0.15, 0.2) is 39.5 Å². The summed E-state index contributed by atoms with van der Waals surface area (Å²) in [5.41, 5.74) is 1.61.